The SMILES string of the molecule is CC1(C)c2ccccc2-c2ccc(N(c3ccc(-c4ccccc4)cc3)c3ccc4oc5cccc(-c6cccc7c6[nH]c6ccccc67)c5c4c3)cc21. The van der Waals surface area contributed by atoms with Gasteiger partial charge >= 0.3 is 0 Å². The van der Waals surface area contributed by atoms with Crippen molar-refractivity contribution in [2.24, 2.45) is 0 Å². The number of aromatic nitrogens is 1. The lowest BCUT2D eigenvalue weighted by Crippen LogP contribution is -2.16. The summed E-state index contributed by atoms with van der Waals surface area (Å²) in [4.78, 5) is 6.13. The van der Waals surface area contributed by atoms with Gasteiger partial charge in [-0.2, -0.15) is 0 Å². The zero-order chi connectivity index (χ0) is 36.0. The fourth-order valence-corrected chi connectivity index (χ4v) is 8.99. The van der Waals surface area contributed by atoms with Gasteiger partial charge in [-0.05, 0) is 93.5 Å². The standard InChI is InChI=1S/C51H36N2O/c1-51(2)44-19-8-6-14-37(44)38-28-26-36(31-45(38)51)53(34-24-22-33(23-25-34)32-12-4-3-5-13-32)35-27-29-47-43(30-35)49-40(16-11-21-48(49)54-47)42-18-10-17-41-39-15-7-9-20-46(39)52-50(41)42/h3-31,52H,1-2H3. The van der Waals surface area contributed by atoms with Crippen LogP contribution in [0.25, 0.3) is 77.1 Å². The van der Waals surface area contributed by atoms with E-state index >= 15 is 0 Å². The second-order valence-electron chi connectivity index (χ2n) is 15.0. The molecular weight excluding hydrogens is 657 g/mol. The third kappa shape index (κ3) is 4.55. The number of fused-ring (bicyclic) bond motifs is 9. The number of nitrogens with zero attached hydrogens (tertiary/aromatic N) is 1. The quantitative estimate of drug-likeness (QED) is 0.195. The maximum atomic E-state index is 6.59. The fraction of sp³-hybridized carbons (Fsp3) is 0.0588. The molecule has 0 amide bonds. The summed E-state index contributed by atoms with van der Waals surface area (Å²) in [6.45, 7) is 4.69. The van der Waals surface area contributed by atoms with Crippen LogP contribution in [-0.4, -0.2) is 4.98 Å². The molecule has 54 heavy (non-hydrogen) atoms. The second-order valence-corrected chi connectivity index (χ2v) is 15.0. The highest BCUT2D eigenvalue weighted by molar-refractivity contribution is 6.18. The van der Waals surface area contributed by atoms with Gasteiger partial charge in [-0.15, -0.1) is 0 Å². The Labute approximate surface area is 313 Å². The summed E-state index contributed by atoms with van der Waals surface area (Å²) in [5, 5.41) is 4.66. The molecule has 10 aromatic rings. The molecule has 3 heteroatoms. The van der Waals surface area contributed by atoms with Crippen molar-refractivity contribution in [2.75, 3.05) is 4.90 Å². The summed E-state index contributed by atoms with van der Waals surface area (Å²) >= 11 is 0. The molecule has 2 heterocycles. The van der Waals surface area contributed by atoms with Gasteiger partial charge in [-0.1, -0.05) is 135 Å². The first-order valence-electron chi connectivity index (χ1n) is 18.7. The molecule has 0 aliphatic heterocycles. The summed E-state index contributed by atoms with van der Waals surface area (Å²) in [7, 11) is 0. The van der Waals surface area contributed by atoms with Crippen LogP contribution in [0.5, 0.6) is 0 Å². The van der Waals surface area contributed by atoms with E-state index in [1.807, 2.05) is 0 Å². The van der Waals surface area contributed by atoms with E-state index in [2.05, 4.69) is 200 Å². The van der Waals surface area contributed by atoms with E-state index in [4.69, 9.17) is 4.42 Å². The highest BCUT2D eigenvalue weighted by atomic mass is 16.3. The Morgan fingerprint density at radius 1 is 0.444 bits per heavy atom. The summed E-state index contributed by atoms with van der Waals surface area (Å²) < 4.78 is 6.59. The summed E-state index contributed by atoms with van der Waals surface area (Å²) in [6.07, 6.45) is 0. The fourth-order valence-electron chi connectivity index (χ4n) is 8.99. The number of nitrogens with one attached hydrogen (secondary N) is 1. The lowest BCUT2D eigenvalue weighted by molar-refractivity contribution is 0.660. The van der Waals surface area contributed by atoms with Crippen LogP contribution < -0.4 is 4.90 Å². The van der Waals surface area contributed by atoms with Gasteiger partial charge in [0.25, 0.3) is 0 Å². The van der Waals surface area contributed by atoms with Gasteiger partial charge in [0, 0.05) is 55.1 Å². The van der Waals surface area contributed by atoms with Crippen LogP contribution in [-0.2, 0) is 5.41 Å². The van der Waals surface area contributed by atoms with Crippen LogP contribution in [0.4, 0.5) is 17.1 Å². The molecule has 3 nitrogen and oxygen atoms in total. The topological polar surface area (TPSA) is 32.2 Å². The number of rotatable bonds is 5. The van der Waals surface area contributed by atoms with Crippen LogP contribution in [0.3, 0.4) is 0 Å². The Kier molecular flexibility index (Phi) is 6.60. The van der Waals surface area contributed by atoms with Gasteiger partial charge in [-0.25, -0.2) is 0 Å². The average molecular weight is 693 g/mol. The second kappa shape index (κ2) is 11.6. The molecule has 8 aromatic carbocycles. The summed E-state index contributed by atoms with van der Waals surface area (Å²) in [5.41, 5.74) is 17.3. The van der Waals surface area contributed by atoms with Gasteiger partial charge in [0.1, 0.15) is 11.2 Å². The van der Waals surface area contributed by atoms with Crippen molar-refractivity contribution in [3.63, 3.8) is 0 Å². The minimum atomic E-state index is -0.117. The molecule has 11 rings (SSSR count). The monoisotopic (exact) mass is 692 g/mol. The van der Waals surface area contributed by atoms with Crippen LogP contribution in [0, 0.1) is 0 Å². The number of anilines is 3. The Morgan fingerprint density at radius 2 is 1.09 bits per heavy atom. The predicted octanol–water partition coefficient (Wildman–Crippen LogP) is 14.3. The average Bonchev–Trinajstić information content (AvgIpc) is 3.86. The van der Waals surface area contributed by atoms with Crippen molar-refractivity contribution in [3.8, 4) is 33.4 Å². The van der Waals surface area contributed by atoms with Gasteiger partial charge < -0.3 is 14.3 Å². The molecule has 1 N–H and O–H groups in total. The molecule has 0 atom stereocenters. The van der Waals surface area contributed by atoms with Crippen molar-refractivity contribution in [1.29, 1.82) is 0 Å². The van der Waals surface area contributed by atoms with Gasteiger partial charge in [0.2, 0.25) is 0 Å². The van der Waals surface area contributed by atoms with Gasteiger partial charge in [0.05, 0.1) is 5.52 Å². The Hall–Kier alpha value is -6.84. The predicted molar refractivity (Wildman–Crippen MR) is 226 cm³/mol. The smallest absolute Gasteiger partial charge is 0.136 e. The van der Waals surface area contributed by atoms with Crippen LogP contribution in [0.15, 0.2) is 180 Å². The van der Waals surface area contributed by atoms with Crippen LogP contribution in [0.2, 0.25) is 0 Å². The lowest BCUT2D eigenvalue weighted by atomic mass is 9.82. The molecule has 1 aliphatic rings. The van der Waals surface area contributed by atoms with E-state index in [1.54, 1.807) is 0 Å². The maximum absolute atomic E-state index is 6.59. The number of H-pyrrole nitrogens is 1. The number of benzene rings is 8. The Bertz CT molecular complexity index is 3070. The zero-order valence-electron chi connectivity index (χ0n) is 30.1. The molecular formula is C51H36N2O. The van der Waals surface area contributed by atoms with E-state index in [0.717, 1.165) is 61.2 Å². The lowest BCUT2D eigenvalue weighted by Gasteiger charge is -2.28. The first-order valence-corrected chi connectivity index (χ1v) is 18.7. The van der Waals surface area contributed by atoms with E-state index in [1.165, 1.54) is 44.2 Å². The van der Waals surface area contributed by atoms with Crippen molar-refractivity contribution in [2.45, 2.75) is 19.3 Å². The zero-order valence-corrected chi connectivity index (χ0v) is 30.1. The molecule has 1 aliphatic carbocycles. The third-order valence-corrected chi connectivity index (χ3v) is 11.6. The summed E-state index contributed by atoms with van der Waals surface area (Å²) in [5.74, 6) is 0. The molecule has 256 valence electrons. The number of hydrogen-bond donors (Lipinski definition) is 1. The van der Waals surface area contributed by atoms with E-state index < -0.39 is 0 Å². The Balaban J connectivity index is 1.12. The normalized spacial score (nSPS) is 13.1. The number of furan rings is 1. The molecule has 0 unspecified atom stereocenters. The summed E-state index contributed by atoms with van der Waals surface area (Å²) in [6, 6.07) is 63.6. The van der Waals surface area contributed by atoms with E-state index in [-0.39, 0.29) is 5.41 Å². The largest absolute Gasteiger partial charge is 0.456 e. The maximum Gasteiger partial charge on any atom is 0.136 e. The van der Waals surface area contributed by atoms with Crippen molar-refractivity contribution < 1.29 is 4.42 Å². The molecule has 2 aromatic heterocycles. The molecule has 0 spiro atoms. The van der Waals surface area contributed by atoms with Crippen LogP contribution in [0.1, 0.15) is 25.0 Å². The Morgan fingerprint density at radius 3 is 1.98 bits per heavy atom. The number of hydrogen-bond acceptors (Lipinski definition) is 2. The van der Waals surface area contributed by atoms with E-state index in [0.29, 0.717) is 0 Å². The first kappa shape index (κ1) is 30.8. The minimum Gasteiger partial charge on any atom is -0.456 e. The molecule has 0 saturated carbocycles. The van der Waals surface area contributed by atoms with Gasteiger partial charge in [-0.3, -0.25) is 0 Å². The third-order valence-electron chi connectivity index (χ3n) is 11.6. The molecule has 0 bridgehead atoms. The van der Waals surface area contributed by atoms with Crippen LogP contribution >= 0.6 is 0 Å². The number of aromatic amines is 1. The molecule has 0 radical (unpaired) electrons. The van der Waals surface area contributed by atoms with Crippen molar-refractivity contribution in [3.05, 3.63) is 187 Å². The minimum absolute atomic E-state index is 0.117. The highest BCUT2D eigenvalue weighted by Gasteiger charge is 2.35. The first-order chi connectivity index (χ1) is 26.5. The van der Waals surface area contributed by atoms with Crippen molar-refractivity contribution in [1.82, 2.24) is 4.98 Å². The van der Waals surface area contributed by atoms with Crippen molar-refractivity contribution >= 4 is 60.8 Å². The molecule has 0 saturated heterocycles. The van der Waals surface area contributed by atoms with E-state index in [9.17, 15) is 0 Å². The number of para-hydroxylation sites is 2. The van der Waals surface area contributed by atoms with Gasteiger partial charge in [0.15, 0.2) is 0 Å². The molecule has 0 fully saturated rings. The highest BCUT2D eigenvalue weighted by Crippen LogP contribution is 2.51.